The highest BCUT2D eigenvalue weighted by Gasteiger charge is 2.45. The van der Waals surface area contributed by atoms with Gasteiger partial charge in [0.15, 0.2) is 0 Å². The average molecular weight is 322 g/mol. The fourth-order valence-electron chi connectivity index (χ4n) is 2.72. The van der Waals surface area contributed by atoms with E-state index in [0.29, 0.717) is 10.0 Å². The Bertz CT molecular complexity index is 582. The first-order valence-electron chi connectivity index (χ1n) is 6.13. The fraction of sp³-hybridized carbons (Fsp3) is 0.538. The number of nitrogens with two attached hydrogens (primary N) is 1. The molecule has 0 spiro atoms. The molecule has 0 bridgehead atoms. The smallest absolute Gasteiger partial charge is 0.149 e. The standard InChI is InChI=1S/C13H17Cl2NO2S/c1-19(17,18)8-12(16)13(5-2-6-13)9-3-4-10(14)11(15)7-9/h3-4,7,12H,2,5-6,8,16H2,1H3. The Labute approximate surface area is 124 Å². The average Bonchev–Trinajstić information content (AvgIpc) is 2.19. The number of rotatable bonds is 4. The normalized spacial score (nSPS) is 19.8. The molecule has 0 heterocycles. The predicted octanol–water partition coefficient (Wildman–Crippen LogP) is 2.79. The Balaban J connectivity index is 2.34. The number of hydrogen-bond donors (Lipinski definition) is 1. The van der Waals surface area contributed by atoms with Gasteiger partial charge >= 0.3 is 0 Å². The van der Waals surface area contributed by atoms with E-state index in [1.165, 1.54) is 6.26 Å². The molecule has 1 aromatic rings. The minimum absolute atomic E-state index is 0.00670. The Hall–Kier alpha value is -0.290. The summed E-state index contributed by atoms with van der Waals surface area (Å²) in [5.41, 5.74) is 6.87. The maximum atomic E-state index is 11.5. The molecule has 1 aliphatic carbocycles. The van der Waals surface area contributed by atoms with Gasteiger partial charge in [0, 0.05) is 17.7 Å². The van der Waals surface area contributed by atoms with E-state index in [1.807, 2.05) is 12.1 Å². The zero-order valence-electron chi connectivity index (χ0n) is 10.7. The van der Waals surface area contributed by atoms with Gasteiger partial charge in [-0.3, -0.25) is 0 Å². The number of benzene rings is 1. The first-order valence-corrected chi connectivity index (χ1v) is 8.95. The highest BCUT2D eigenvalue weighted by Crippen LogP contribution is 2.47. The van der Waals surface area contributed by atoms with Gasteiger partial charge in [-0.15, -0.1) is 0 Å². The second-order valence-corrected chi connectivity index (χ2v) is 8.34. The number of sulfone groups is 1. The topological polar surface area (TPSA) is 60.2 Å². The van der Waals surface area contributed by atoms with Crippen LogP contribution in [0.5, 0.6) is 0 Å². The lowest BCUT2D eigenvalue weighted by Gasteiger charge is -2.47. The van der Waals surface area contributed by atoms with Gasteiger partial charge in [0.25, 0.3) is 0 Å². The van der Waals surface area contributed by atoms with E-state index in [0.717, 1.165) is 24.8 Å². The molecular formula is C13H17Cl2NO2S. The molecule has 1 unspecified atom stereocenters. The van der Waals surface area contributed by atoms with Gasteiger partial charge in [-0.2, -0.15) is 0 Å². The molecule has 0 radical (unpaired) electrons. The molecule has 19 heavy (non-hydrogen) atoms. The maximum absolute atomic E-state index is 11.5. The molecule has 2 rings (SSSR count). The quantitative estimate of drug-likeness (QED) is 0.927. The lowest BCUT2D eigenvalue weighted by atomic mass is 9.60. The van der Waals surface area contributed by atoms with Gasteiger partial charge in [0.2, 0.25) is 0 Å². The molecule has 1 aromatic carbocycles. The third-order valence-corrected chi connectivity index (χ3v) is 5.64. The molecular weight excluding hydrogens is 305 g/mol. The largest absolute Gasteiger partial charge is 0.326 e. The van der Waals surface area contributed by atoms with Crippen molar-refractivity contribution < 1.29 is 8.42 Å². The van der Waals surface area contributed by atoms with Crippen molar-refractivity contribution in [3.63, 3.8) is 0 Å². The fourth-order valence-corrected chi connectivity index (χ4v) is 3.99. The summed E-state index contributed by atoms with van der Waals surface area (Å²) in [5.74, 6) is -0.00670. The number of halogens is 2. The molecule has 1 saturated carbocycles. The molecule has 1 aliphatic rings. The predicted molar refractivity (Wildman–Crippen MR) is 79.7 cm³/mol. The zero-order valence-corrected chi connectivity index (χ0v) is 13.0. The van der Waals surface area contributed by atoms with E-state index in [4.69, 9.17) is 28.9 Å². The first kappa shape index (κ1) is 15.1. The van der Waals surface area contributed by atoms with Gasteiger partial charge in [-0.1, -0.05) is 35.7 Å². The van der Waals surface area contributed by atoms with Crippen LogP contribution < -0.4 is 5.73 Å². The van der Waals surface area contributed by atoms with E-state index in [1.54, 1.807) is 6.07 Å². The van der Waals surface area contributed by atoms with Crippen molar-refractivity contribution >= 4 is 33.0 Å². The van der Waals surface area contributed by atoms with E-state index < -0.39 is 15.9 Å². The van der Waals surface area contributed by atoms with E-state index in [2.05, 4.69) is 0 Å². The van der Waals surface area contributed by atoms with Crippen LogP contribution in [0.2, 0.25) is 10.0 Å². The monoisotopic (exact) mass is 321 g/mol. The van der Waals surface area contributed by atoms with Crippen LogP contribution >= 0.6 is 23.2 Å². The summed E-state index contributed by atoms with van der Waals surface area (Å²) in [7, 11) is -3.09. The van der Waals surface area contributed by atoms with Crippen LogP contribution in [-0.4, -0.2) is 26.5 Å². The van der Waals surface area contributed by atoms with Crippen LogP contribution in [-0.2, 0) is 15.3 Å². The zero-order chi connectivity index (χ0) is 14.3. The Morgan fingerprint density at radius 1 is 1.32 bits per heavy atom. The summed E-state index contributed by atoms with van der Waals surface area (Å²) in [6.07, 6.45) is 4.05. The van der Waals surface area contributed by atoms with Crippen LogP contribution in [0.4, 0.5) is 0 Å². The van der Waals surface area contributed by atoms with Gasteiger partial charge in [0.1, 0.15) is 9.84 Å². The van der Waals surface area contributed by atoms with Crippen LogP contribution in [0.1, 0.15) is 24.8 Å². The maximum Gasteiger partial charge on any atom is 0.149 e. The molecule has 3 nitrogen and oxygen atoms in total. The minimum Gasteiger partial charge on any atom is -0.326 e. The van der Waals surface area contributed by atoms with Crippen LogP contribution in [0.25, 0.3) is 0 Å². The second-order valence-electron chi connectivity index (χ2n) is 5.34. The van der Waals surface area contributed by atoms with Gasteiger partial charge in [-0.05, 0) is 30.5 Å². The highest BCUT2D eigenvalue weighted by molar-refractivity contribution is 7.90. The Kier molecular flexibility index (Phi) is 4.17. The first-order chi connectivity index (χ1) is 8.74. The van der Waals surface area contributed by atoms with Crippen molar-refractivity contribution in [3.8, 4) is 0 Å². The molecule has 0 aromatic heterocycles. The molecule has 0 saturated heterocycles. The van der Waals surface area contributed by atoms with Crippen LogP contribution in [0.15, 0.2) is 18.2 Å². The minimum atomic E-state index is -3.09. The molecule has 6 heteroatoms. The Morgan fingerprint density at radius 2 is 1.95 bits per heavy atom. The summed E-state index contributed by atoms with van der Waals surface area (Å²) in [5, 5.41) is 0.980. The summed E-state index contributed by atoms with van der Waals surface area (Å²) in [6, 6.07) is 5.04. The van der Waals surface area contributed by atoms with Crippen LogP contribution in [0.3, 0.4) is 0 Å². The van der Waals surface area contributed by atoms with Crippen molar-refractivity contribution in [3.05, 3.63) is 33.8 Å². The highest BCUT2D eigenvalue weighted by atomic mass is 35.5. The van der Waals surface area contributed by atoms with Crippen molar-refractivity contribution in [2.24, 2.45) is 5.73 Å². The van der Waals surface area contributed by atoms with Crippen molar-refractivity contribution in [1.82, 2.24) is 0 Å². The van der Waals surface area contributed by atoms with Gasteiger partial charge in [-0.25, -0.2) is 8.42 Å². The SMILES string of the molecule is CS(=O)(=O)CC(N)C1(c2ccc(Cl)c(Cl)c2)CCC1. The lowest BCUT2D eigenvalue weighted by molar-refractivity contribution is 0.206. The van der Waals surface area contributed by atoms with Crippen LogP contribution in [0, 0.1) is 0 Å². The summed E-state index contributed by atoms with van der Waals surface area (Å²) >= 11 is 12.0. The molecule has 1 atom stereocenters. The molecule has 0 aliphatic heterocycles. The van der Waals surface area contributed by atoms with Gasteiger partial charge < -0.3 is 5.73 Å². The third kappa shape index (κ3) is 3.07. The van der Waals surface area contributed by atoms with E-state index >= 15 is 0 Å². The lowest BCUT2D eigenvalue weighted by Crippen LogP contribution is -2.53. The van der Waals surface area contributed by atoms with Crippen molar-refractivity contribution in [1.29, 1.82) is 0 Å². The summed E-state index contributed by atoms with van der Waals surface area (Å²) in [6.45, 7) is 0. The number of hydrogen-bond acceptors (Lipinski definition) is 3. The van der Waals surface area contributed by atoms with Gasteiger partial charge in [0.05, 0.1) is 15.8 Å². The van der Waals surface area contributed by atoms with Crippen molar-refractivity contribution in [2.45, 2.75) is 30.7 Å². The molecule has 2 N–H and O–H groups in total. The third-order valence-electron chi connectivity index (χ3n) is 3.93. The Morgan fingerprint density at radius 3 is 2.37 bits per heavy atom. The molecule has 1 fully saturated rings. The summed E-state index contributed by atoms with van der Waals surface area (Å²) in [4.78, 5) is 0. The summed E-state index contributed by atoms with van der Waals surface area (Å²) < 4.78 is 22.9. The molecule has 0 amide bonds. The second kappa shape index (κ2) is 5.24. The van der Waals surface area contributed by atoms with E-state index in [9.17, 15) is 8.42 Å². The van der Waals surface area contributed by atoms with Crippen molar-refractivity contribution in [2.75, 3.05) is 12.0 Å². The molecule has 106 valence electrons. The van der Waals surface area contributed by atoms with E-state index in [-0.39, 0.29) is 11.2 Å².